The fraction of sp³-hybridized carbons (Fsp3) is 0.364. The van der Waals surface area contributed by atoms with E-state index < -0.39 is 11.4 Å². The van der Waals surface area contributed by atoms with E-state index in [2.05, 4.69) is 15.9 Å². The van der Waals surface area contributed by atoms with E-state index in [0.717, 1.165) is 10.0 Å². The van der Waals surface area contributed by atoms with Crippen LogP contribution in [0.3, 0.4) is 0 Å². The third-order valence-electron chi connectivity index (χ3n) is 2.84. The highest BCUT2D eigenvalue weighted by Crippen LogP contribution is 2.52. The van der Waals surface area contributed by atoms with Crippen LogP contribution in [0.25, 0.3) is 0 Å². The van der Waals surface area contributed by atoms with Gasteiger partial charge in [-0.15, -0.1) is 0 Å². The van der Waals surface area contributed by atoms with E-state index in [0.29, 0.717) is 18.6 Å². The molecule has 0 saturated heterocycles. The van der Waals surface area contributed by atoms with Crippen molar-refractivity contribution in [2.24, 2.45) is 0 Å². The molecule has 1 N–H and O–H groups in total. The first-order chi connectivity index (χ1) is 7.10. The van der Waals surface area contributed by atoms with Crippen molar-refractivity contribution in [1.29, 1.82) is 0 Å². The van der Waals surface area contributed by atoms with Crippen molar-refractivity contribution in [3.63, 3.8) is 0 Å². The second kappa shape index (κ2) is 3.52. The normalized spacial score (nSPS) is 17.2. The molecule has 0 aromatic heterocycles. The minimum absolute atomic E-state index is 0.651. The van der Waals surface area contributed by atoms with Gasteiger partial charge in [0.2, 0.25) is 0 Å². The lowest BCUT2D eigenvalue weighted by atomic mass is 9.95. The van der Waals surface area contributed by atoms with Crippen LogP contribution >= 0.6 is 15.9 Å². The maximum absolute atomic E-state index is 11.2. The van der Waals surface area contributed by atoms with E-state index in [9.17, 15) is 9.90 Å². The number of hydrogen-bond donors (Lipinski definition) is 1. The molecule has 2 rings (SSSR count). The molecule has 15 heavy (non-hydrogen) atoms. The first kappa shape index (κ1) is 10.5. The van der Waals surface area contributed by atoms with Crippen LogP contribution in [-0.2, 0) is 10.2 Å². The van der Waals surface area contributed by atoms with E-state index >= 15 is 0 Å². The second-order valence-corrected chi connectivity index (χ2v) is 4.65. The largest absolute Gasteiger partial charge is 0.496 e. The lowest BCUT2D eigenvalue weighted by Gasteiger charge is -2.14. The lowest BCUT2D eigenvalue weighted by Crippen LogP contribution is -2.20. The van der Waals surface area contributed by atoms with Gasteiger partial charge in [-0.2, -0.15) is 0 Å². The first-order valence-corrected chi connectivity index (χ1v) is 5.47. The minimum Gasteiger partial charge on any atom is -0.496 e. The van der Waals surface area contributed by atoms with E-state index in [1.54, 1.807) is 13.2 Å². The lowest BCUT2D eigenvalue weighted by molar-refractivity contribution is -0.140. The molecule has 0 radical (unpaired) electrons. The number of carbonyl (C=O) groups is 1. The molecule has 1 aliphatic carbocycles. The third-order valence-corrected chi connectivity index (χ3v) is 3.33. The van der Waals surface area contributed by atoms with E-state index in [1.165, 1.54) is 0 Å². The summed E-state index contributed by atoms with van der Waals surface area (Å²) < 4.78 is 6.07. The van der Waals surface area contributed by atoms with E-state index in [4.69, 9.17) is 4.74 Å². The molecule has 0 aliphatic heterocycles. The zero-order chi connectivity index (χ0) is 11.1. The van der Waals surface area contributed by atoms with Crippen molar-refractivity contribution in [3.05, 3.63) is 28.2 Å². The van der Waals surface area contributed by atoms with Crippen LogP contribution in [0.15, 0.2) is 22.7 Å². The molecule has 0 heterocycles. The number of methoxy groups -OCH3 is 1. The molecule has 3 nitrogen and oxygen atoms in total. The summed E-state index contributed by atoms with van der Waals surface area (Å²) in [5, 5.41) is 9.20. The molecule has 4 heteroatoms. The molecule has 1 aromatic carbocycles. The van der Waals surface area contributed by atoms with Crippen LogP contribution in [0, 0.1) is 0 Å². The minimum atomic E-state index is -0.765. The number of carboxylic acid groups (broad SMARTS) is 1. The summed E-state index contributed by atoms with van der Waals surface area (Å²) in [6.07, 6.45) is 1.38. The average Bonchev–Trinajstić information content (AvgIpc) is 2.98. The fourth-order valence-electron chi connectivity index (χ4n) is 1.78. The molecular formula is C11H11BrO3. The molecule has 0 unspecified atom stereocenters. The van der Waals surface area contributed by atoms with E-state index in [1.807, 2.05) is 12.1 Å². The van der Waals surface area contributed by atoms with Crippen LogP contribution in [0.5, 0.6) is 5.75 Å². The molecule has 0 amide bonds. The van der Waals surface area contributed by atoms with Gasteiger partial charge in [-0.1, -0.05) is 15.9 Å². The Labute approximate surface area is 96.2 Å². The predicted molar refractivity (Wildman–Crippen MR) is 59.2 cm³/mol. The number of benzene rings is 1. The monoisotopic (exact) mass is 270 g/mol. The van der Waals surface area contributed by atoms with Gasteiger partial charge in [0.1, 0.15) is 5.75 Å². The molecule has 1 aliphatic rings. The summed E-state index contributed by atoms with van der Waals surface area (Å²) >= 11 is 3.35. The Morgan fingerprint density at radius 2 is 2.20 bits per heavy atom. The molecule has 80 valence electrons. The highest BCUT2D eigenvalue weighted by atomic mass is 79.9. The molecule has 0 atom stereocenters. The van der Waals surface area contributed by atoms with Crippen molar-refractivity contribution in [1.82, 2.24) is 0 Å². The van der Waals surface area contributed by atoms with Crippen LogP contribution in [0.1, 0.15) is 18.4 Å². The maximum Gasteiger partial charge on any atom is 0.314 e. The number of hydrogen-bond acceptors (Lipinski definition) is 2. The highest BCUT2D eigenvalue weighted by molar-refractivity contribution is 9.10. The first-order valence-electron chi connectivity index (χ1n) is 4.67. The molecule has 1 saturated carbocycles. The summed E-state index contributed by atoms with van der Waals surface area (Å²) in [4.78, 5) is 11.2. The zero-order valence-corrected chi connectivity index (χ0v) is 9.87. The third kappa shape index (κ3) is 1.63. The van der Waals surface area contributed by atoms with Crippen LogP contribution in [0.4, 0.5) is 0 Å². The van der Waals surface area contributed by atoms with Gasteiger partial charge in [0, 0.05) is 10.0 Å². The number of ether oxygens (including phenoxy) is 1. The van der Waals surface area contributed by atoms with Gasteiger partial charge >= 0.3 is 5.97 Å². The van der Waals surface area contributed by atoms with Gasteiger partial charge in [-0.05, 0) is 31.0 Å². The molecule has 1 aromatic rings. The highest BCUT2D eigenvalue weighted by Gasteiger charge is 2.53. The number of rotatable bonds is 3. The van der Waals surface area contributed by atoms with Gasteiger partial charge in [-0.25, -0.2) is 0 Å². The Hall–Kier alpha value is -1.03. The second-order valence-electron chi connectivity index (χ2n) is 3.73. The molecule has 0 spiro atoms. The standard InChI is InChI=1S/C11H11BrO3/c1-15-9-3-2-7(12)6-8(9)11(4-5-11)10(13)14/h2-3,6H,4-5H2,1H3,(H,13,14). The van der Waals surface area contributed by atoms with Gasteiger partial charge in [0.05, 0.1) is 12.5 Å². The van der Waals surface area contributed by atoms with Crippen LogP contribution in [-0.4, -0.2) is 18.2 Å². The number of carboxylic acids is 1. The Bertz CT molecular complexity index is 410. The summed E-state index contributed by atoms with van der Waals surface area (Å²) in [6, 6.07) is 5.47. The molecular weight excluding hydrogens is 260 g/mol. The SMILES string of the molecule is COc1ccc(Br)cc1C1(C(=O)O)CC1. The zero-order valence-electron chi connectivity index (χ0n) is 8.29. The quantitative estimate of drug-likeness (QED) is 0.919. The number of aliphatic carboxylic acids is 1. The Morgan fingerprint density at radius 1 is 1.53 bits per heavy atom. The summed E-state index contributed by atoms with van der Waals surface area (Å²) in [7, 11) is 1.56. The van der Waals surface area contributed by atoms with Gasteiger partial charge in [0.15, 0.2) is 0 Å². The van der Waals surface area contributed by atoms with Crippen molar-refractivity contribution >= 4 is 21.9 Å². The molecule has 1 fully saturated rings. The van der Waals surface area contributed by atoms with E-state index in [-0.39, 0.29) is 0 Å². The average molecular weight is 271 g/mol. The summed E-state index contributed by atoms with van der Waals surface area (Å²) in [6.45, 7) is 0. The van der Waals surface area contributed by atoms with Crippen molar-refractivity contribution in [2.45, 2.75) is 18.3 Å². The maximum atomic E-state index is 11.2. The van der Waals surface area contributed by atoms with Crippen molar-refractivity contribution in [2.75, 3.05) is 7.11 Å². The smallest absolute Gasteiger partial charge is 0.314 e. The van der Waals surface area contributed by atoms with Crippen molar-refractivity contribution < 1.29 is 14.6 Å². The van der Waals surface area contributed by atoms with Gasteiger partial charge in [-0.3, -0.25) is 4.79 Å². The topological polar surface area (TPSA) is 46.5 Å². The Kier molecular flexibility index (Phi) is 2.46. The predicted octanol–water partition coefficient (Wildman–Crippen LogP) is 2.57. The van der Waals surface area contributed by atoms with Gasteiger partial charge in [0.25, 0.3) is 0 Å². The summed E-state index contributed by atoms with van der Waals surface area (Å²) in [5.74, 6) is -0.114. The number of halogens is 1. The molecule has 0 bridgehead atoms. The summed E-state index contributed by atoms with van der Waals surface area (Å²) in [5.41, 5.74) is 0.0571. The van der Waals surface area contributed by atoms with Gasteiger partial charge < -0.3 is 9.84 Å². The Morgan fingerprint density at radius 3 is 2.67 bits per heavy atom. The Balaban J connectivity index is 2.51. The fourth-order valence-corrected chi connectivity index (χ4v) is 2.14. The van der Waals surface area contributed by atoms with Crippen molar-refractivity contribution in [3.8, 4) is 5.75 Å². The van der Waals surface area contributed by atoms with Crippen LogP contribution in [0.2, 0.25) is 0 Å². The van der Waals surface area contributed by atoms with Crippen LogP contribution < -0.4 is 4.74 Å².